The van der Waals surface area contributed by atoms with E-state index in [0.717, 1.165) is 0 Å². The minimum absolute atomic E-state index is 0.0574. The lowest BCUT2D eigenvalue weighted by Crippen LogP contribution is -2.31. The number of hydrogen-bond acceptors (Lipinski definition) is 3. The van der Waals surface area contributed by atoms with Crippen molar-refractivity contribution in [3.63, 3.8) is 0 Å². The highest BCUT2D eigenvalue weighted by atomic mass is 79.9. The summed E-state index contributed by atoms with van der Waals surface area (Å²) in [5, 5.41) is 9.42. The summed E-state index contributed by atoms with van der Waals surface area (Å²) in [6.45, 7) is 0.917. The van der Waals surface area contributed by atoms with Crippen molar-refractivity contribution < 1.29 is 9.90 Å². The molecule has 0 aliphatic rings. The van der Waals surface area contributed by atoms with Gasteiger partial charge in [0.2, 0.25) is 0 Å². The van der Waals surface area contributed by atoms with Crippen LogP contribution in [0.15, 0.2) is 22.7 Å². The second-order valence-electron chi connectivity index (χ2n) is 3.18. The van der Waals surface area contributed by atoms with E-state index in [4.69, 9.17) is 5.73 Å². The van der Waals surface area contributed by atoms with Crippen LogP contribution >= 0.6 is 15.9 Å². The number of rotatable bonds is 3. The van der Waals surface area contributed by atoms with Gasteiger partial charge in [-0.3, -0.25) is 4.79 Å². The Morgan fingerprint density at radius 2 is 2.27 bits per heavy atom. The van der Waals surface area contributed by atoms with Gasteiger partial charge in [-0.1, -0.05) is 0 Å². The number of amides is 1. The molecule has 1 aromatic rings. The maximum absolute atomic E-state index is 11.7. The molecule has 0 atom stereocenters. The summed E-state index contributed by atoms with van der Waals surface area (Å²) in [7, 11) is 1.67. The summed E-state index contributed by atoms with van der Waals surface area (Å²) >= 11 is 3.15. The molecule has 82 valence electrons. The minimum Gasteiger partial charge on any atom is -0.507 e. The van der Waals surface area contributed by atoms with Crippen molar-refractivity contribution in [2.75, 3.05) is 20.1 Å². The number of nitrogens with two attached hydrogens (primary N) is 1. The maximum Gasteiger partial charge on any atom is 0.253 e. The van der Waals surface area contributed by atoms with Gasteiger partial charge < -0.3 is 15.7 Å². The van der Waals surface area contributed by atoms with Crippen LogP contribution in [0.3, 0.4) is 0 Å². The predicted molar refractivity (Wildman–Crippen MR) is 61.8 cm³/mol. The van der Waals surface area contributed by atoms with Crippen molar-refractivity contribution in [1.82, 2.24) is 4.90 Å². The van der Waals surface area contributed by atoms with Gasteiger partial charge in [0.05, 0.1) is 4.47 Å². The fourth-order valence-corrected chi connectivity index (χ4v) is 1.41. The molecule has 4 nitrogen and oxygen atoms in total. The Kier molecular flexibility index (Phi) is 4.11. The molecule has 0 aliphatic carbocycles. The van der Waals surface area contributed by atoms with Crippen LogP contribution in [0.25, 0.3) is 0 Å². The molecule has 0 aliphatic heterocycles. The molecule has 1 amide bonds. The first-order chi connectivity index (χ1) is 7.06. The molecule has 0 heterocycles. The Hall–Kier alpha value is -1.07. The van der Waals surface area contributed by atoms with E-state index in [-0.39, 0.29) is 11.7 Å². The molecule has 0 bridgehead atoms. The topological polar surface area (TPSA) is 66.6 Å². The van der Waals surface area contributed by atoms with Crippen LogP contribution in [0, 0.1) is 0 Å². The summed E-state index contributed by atoms with van der Waals surface area (Å²) in [6, 6.07) is 4.72. The van der Waals surface area contributed by atoms with E-state index in [2.05, 4.69) is 15.9 Å². The van der Waals surface area contributed by atoms with Crippen molar-refractivity contribution in [2.45, 2.75) is 0 Å². The smallest absolute Gasteiger partial charge is 0.253 e. The third-order valence-electron chi connectivity index (χ3n) is 2.00. The summed E-state index contributed by atoms with van der Waals surface area (Å²) in [6.07, 6.45) is 0. The molecule has 5 heteroatoms. The zero-order valence-corrected chi connectivity index (χ0v) is 9.99. The van der Waals surface area contributed by atoms with Gasteiger partial charge >= 0.3 is 0 Å². The maximum atomic E-state index is 11.7. The van der Waals surface area contributed by atoms with Gasteiger partial charge in [0.25, 0.3) is 5.91 Å². The molecule has 1 aromatic carbocycles. The lowest BCUT2D eigenvalue weighted by atomic mass is 10.2. The molecule has 0 radical (unpaired) electrons. The molecule has 0 fully saturated rings. The van der Waals surface area contributed by atoms with E-state index in [1.165, 1.54) is 11.0 Å². The standard InChI is InChI=1S/C10H13BrN2O2/c1-13(5-4-12)10(15)7-2-3-8(11)9(14)6-7/h2-3,6,14H,4-5,12H2,1H3. The summed E-state index contributed by atoms with van der Waals surface area (Å²) in [4.78, 5) is 13.3. The van der Waals surface area contributed by atoms with Crippen LogP contribution in [0.2, 0.25) is 0 Å². The predicted octanol–water partition coefficient (Wildman–Crippen LogP) is 1.19. The first kappa shape index (κ1) is 12.0. The zero-order chi connectivity index (χ0) is 11.4. The molecule has 0 saturated heterocycles. The van der Waals surface area contributed by atoms with Crippen LogP contribution in [0.5, 0.6) is 5.75 Å². The fourth-order valence-electron chi connectivity index (χ4n) is 1.16. The van der Waals surface area contributed by atoms with E-state index in [0.29, 0.717) is 23.1 Å². The average Bonchev–Trinajstić information content (AvgIpc) is 2.21. The normalized spacial score (nSPS) is 10.1. The lowest BCUT2D eigenvalue weighted by Gasteiger charge is -2.16. The van der Waals surface area contributed by atoms with E-state index < -0.39 is 0 Å². The molecule has 0 aromatic heterocycles. The Bertz CT molecular complexity index is 368. The highest BCUT2D eigenvalue weighted by Gasteiger charge is 2.12. The molecule has 0 unspecified atom stereocenters. The first-order valence-corrected chi connectivity index (χ1v) is 5.29. The third kappa shape index (κ3) is 2.94. The number of halogens is 1. The number of benzene rings is 1. The molecule has 0 saturated carbocycles. The SMILES string of the molecule is CN(CCN)C(=O)c1ccc(Br)c(O)c1. The average molecular weight is 273 g/mol. The van der Waals surface area contributed by atoms with E-state index in [9.17, 15) is 9.90 Å². The molecular weight excluding hydrogens is 260 g/mol. The molecule has 15 heavy (non-hydrogen) atoms. The van der Waals surface area contributed by atoms with E-state index in [1.54, 1.807) is 19.2 Å². The first-order valence-electron chi connectivity index (χ1n) is 4.50. The summed E-state index contributed by atoms with van der Waals surface area (Å²) in [5.74, 6) is -0.0924. The number of phenolic OH excluding ortho intramolecular Hbond substituents is 1. The van der Waals surface area contributed by atoms with Crippen molar-refractivity contribution in [3.05, 3.63) is 28.2 Å². The number of nitrogens with zero attached hydrogens (tertiary/aromatic N) is 1. The molecule has 1 rings (SSSR count). The number of likely N-dealkylation sites (N-methyl/N-ethyl adjacent to an activating group) is 1. The number of aromatic hydroxyl groups is 1. The van der Waals surface area contributed by atoms with Gasteiger partial charge in [0.1, 0.15) is 5.75 Å². The number of carbonyl (C=O) groups is 1. The van der Waals surface area contributed by atoms with Gasteiger partial charge in [-0.15, -0.1) is 0 Å². The van der Waals surface area contributed by atoms with Gasteiger partial charge in [0, 0.05) is 25.7 Å². The second kappa shape index (κ2) is 5.14. The summed E-state index contributed by atoms with van der Waals surface area (Å²) in [5.41, 5.74) is 5.80. The van der Waals surface area contributed by atoms with Gasteiger partial charge in [-0.2, -0.15) is 0 Å². The largest absolute Gasteiger partial charge is 0.507 e. The quantitative estimate of drug-likeness (QED) is 0.869. The van der Waals surface area contributed by atoms with Crippen LogP contribution in [0.4, 0.5) is 0 Å². The lowest BCUT2D eigenvalue weighted by molar-refractivity contribution is 0.0798. The van der Waals surface area contributed by atoms with Crippen LogP contribution in [-0.2, 0) is 0 Å². The fraction of sp³-hybridized carbons (Fsp3) is 0.300. The van der Waals surface area contributed by atoms with Crippen molar-refractivity contribution in [2.24, 2.45) is 5.73 Å². The van der Waals surface area contributed by atoms with E-state index >= 15 is 0 Å². The highest BCUT2D eigenvalue weighted by molar-refractivity contribution is 9.10. The Balaban J connectivity index is 2.87. The number of hydrogen-bond donors (Lipinski definition) is 2. The Morgan fingerprint density at radius 1 is 1.60 bits per heavy atom. The monoisotopic (exact) mass is 272 g/mol. The van der Waals surface area contributed by atoms with Gasteiger partial charge in [0.15, 0.2) is 0 Å². The van der Waals surface area contributed by atoms with E-state index in [1.807, 2.05) is 0 Å². The Labute approximate surface area is 96.8 Å². The molecular formula is C10H13BrN2O2. The zero-order valence-electron chi connectivity index (χ0n) is 8.40. The highest BCUT2D eigenvalue weighted by Crippen LogP contribution is 2.24. The van der Waals surface area contributed by atoms with Crippen LogP contribution in [0.1, 0.15) is 10.4 Å². The minimum atomic E-state index is -0.150. The molecule has 0 spiro atoms. The third-order valence-corrected chi connectivity index (χ3v) is 2.67. The van der Waals surface area contributed by atoms with Crippen molar-refractivity contribution in [3.8, 4) is 5.75 Å². The van der Waals surface area contributed by atoms with Crippen molar-refractivity contribution in [1.29, 1.82) is 0 Å². The van der Waals surface area contributed by atoms with Crippen LogP contribution < -0.4 is 5.73 Å². The number of carbonyl (C=O) groups excluding carboxylic acids is 1. The van der Waals surface area contributed by atoms with Crippen LogP contribution in [-0.4, -0.2) is 36.1 Å². The van der Waals surface area contributed by atoms with Crippen molar-refractivity contribution >= 4 is 21.8 Å². The summed E-state index contributed by atoms with van der Waals surface area (Å²) < 4.78 is 0.570. The number of phenols is 1. The van der Waals surface area contributed by atoms with Gasteiger partial charge in [-0.05, 0) is 34.1 Å². The Morgan fingerprint density at radius 3 is 2.80 bits per heavy atom. The molecule has 3 N–H and O–H groups in total. The van der Waals surface area contributed by atoms with Gasteiger partial charge in [-0.25, -0.2) is 0 Å². The second-order valence-corrected chi connectivity index (χ2v) is 4.04.